The zero-order valence-electron chi connectivity index (χ0n) is 22.7. The van der Waals surface area contributed by atoms with E-state index in [2.05, 4.69) is 22.3 Å². The molecule has 0 aliphatic carbocycles. The van der Waals surface area contributed by atoms with Gasteiger partial charge in [0.05, 0.1) is 17.8 Å². The number of hydrogen-bond donors (Lipinski definition) is 4. The first-order chi connectivity index (χ1) is 19.5. The number of carbonyl (C=O) groups excluding carboxylic acids is 1. The van der Waals surface area contributed by atoms with Gasteiger partial charge in [0.25, 0.3) is 0 Å². The number of carboxylic acids is 2. The minimum absolute atomic E-state index is 0.108. The number of pyridine rings is 1. The number of aliphatic carboxylic acids is 2. The fraction of sp³-hybridized carbons (Fsp3) is 0.167. The summed E-state index contributed by atoms with van der Waals surface area (Å²) in [5.41, 5.74) is 9.37. The minimum atomic E-state index is -1.26. The molecule has 41 heavy (non-hydrogen) atoms. The van der Waals surface area contributed by atoms with Crippen molar-refractivity contribution in [2.45, 2.75) is 6.92 Å². The van der Waals surface area contributed by atoms with Gasteiger partial charge < -0.3 is 30.9 Å². The molecule has 0 aliphatic heterocycles. The summed E-state index contributed by atoms with van der Waals surface area (Å²) in [5, 5.41) is 29.0. The third-order valence-electron chi connectivity index (χ3n) is 5.21. The van der Waals surface area contributed by atoms with Crippen LogP contribution in [-0.2, 0) is 14.4 Å². The maximum Gasteiger partial charge on any atom is 0.328 e. The third-order valence-corrected chi connectivity index (χ3v) is 5.21. The van der Waals surface area contributed by atoms with E-state index in [1.807, 2.05) is 44.1 Å². The zero-order valence-corrected chi connectivity index (χ0v) is 22.7. The van der Waals surface area contributed by atoms with E-state index in [4.69, 9.17) is 27.1 Å². The Bertz CT molecular complexity index is 1580. The Balaban J connectivity index is 0.000000642. The van der Waals surface area contributed by atoms with Crippen molar-refractivity contribution in [1.29, 1.82) is 5.26 Å². The number of nitrogens with two attached hydrogens (primary N) is 1. The number of nitrogens with zero attached hydrogens (tertiary/aromatic N) is 3. The summed E-state index contributed by atoms with van der Waals surface area (Å²) in [5.74, 6) is 0.368. The van der Waals surface area contributed by atoms with E-state index in [0.29, 0.717) is 58.8 Å². The fourth-order valence-corrected chi connectivity index (χ4v) is 3.55. The lowest BCUT2D eigenvalue weighted by atomic mass is 9.94. The number of fused-ring (bicyclic) bond motifs is 1. The van der Waals surface area contributed by atoms with Gasteiger partial charge in [0.2, 0.25) is 5.91 Å². The van der Waals surface area contributed by atoms with Crippen LogP contribution in [0.25, 0.3) is 22.0 Å². The van der Waals surface area contributed by atoms with Crippen LogP contribution < -0.4 is 15.8 Å². The highest BCUT2D eigenvalue weighted by Crippen LogP contribution is 2.39. The van der Waals surface area contributed by atoms with Crippen molar-refractivity contribution >= 4 is 40.3 Å². The van der Waals surface area contributed by atoms with Gasteiger partial charge in [-0.1, -0.05) is 24.1 Å². The van der Waals surface area contributed by atoms with Crippen molar-refractivity contribution in [2.24, 2.45) is 0 Å². The Morgan fingerprint density at radius 1 is 1.15 bits per heavy atom. The van der Waals surface area contributed by atoms with Gasteiger partial charge in [-0.15, -0.1) is 6.42 Å². The predicted molar refractivity (Wildman–Crippen MR) is 156 cm³/mol. The molecule has 1 amide bonds. The number of nitrogens with one attached hydrogen (secondary N) is 1. The van der Waals surface area contributed by atoms with Crippen molar-refractivity contribution in [3.8, 4) is 35.3 Å². The number of anilines is 2. The first-order valence-electron chi connectivity index (χ1n) is 12.1. The van der Waals surface area contributed by atoms with Gasteiger partial charge in [0.15, 0.2) is 0 Å². The number of hydrogen-bond acceptors (Lipinski definition) is 8. The molecule has 1 heterocycles. The Morgan fingerprint density at radius 3 is 2.39 bits per heavy atom. The number of nitriles is 1. The molecule has 0 saturated heterocycles. The second-order valence-electron chi connectivity index (χ2n) is 8.55. The van der Waals surface area contributed by atoms with Crippen LogP contribution in [0.1, 0.15) is 18.1 Å². The van der Waals surface area contributed by atoms with Crippen LogP contribution in [-0.4, -0.2) is 65.2 Å². The van der Waals surface area contributed by atoms with E-state index in [1.54, 1.807) is 24.3 Å². The molecule has 3 rings (SSSR count). The lowest BCUT2D eigenvalue weighted by Crippen LogP contribution is -2.13. The van der Waals surface area contributed by atoms with E-state index < -0.39 is 11.9 Å². The predicted octanol–water partition coefficient (Wildman–Crippen LogP) is 3.50. The molecule has 0 radical (unpaired) electrons. The Morgan fingerprint density at radius 2 is 1.83 bits per heavy atom. The molecule has 0 saturated carbocycles. The monoisotopic (exact) mass is 555 g/mol. The Labute approximate surface area is 237 Å². The molecule has 11 nitrogen and oxygen atoms in total. The van der Waals surface area contributed by atoms with E-state index in [1.165, 1.54) is 6.08 Å². The van der Waals surface area contributed by atoms with Crippen LogP contribution in [0, 0.1) is 23.7 Å². The smallest absolute Gasteiger partial charge is 0.328 e. The highest BCUT2D eigenvalue weighted by Gasteiger charge is 2.19. The molecule has 1 aromatic heterocycles. The molecule has 0 fully saturated rings. The van der Waals surface area contributed by atoms with Gasteiger partial charge in [-0.2, -0.15) is 5.26 Å². The summed E-state index contributed by atoms with van der Waals surface area (Å²) in [6, 6.07) is 12.9. The second kappa shape index (κ2) is 15.1. The first-order valence-corrected chi connectivity index (χ1v) is 12.1. The fourth-order valence-electron chi connectivity index (χ4n) is 3.55. The number of amides is 1. The van der Waals surface area contributed by atoms with Gasteiger partial charge >= 0.3 is 11.9 Å². The van der Waals surface area contributed by atoms with Crippen LogP contribution in [0.4, 0.5) is 11.5 Å². The summed E-state index contributed by atoms with van der Waals surface area (Å²) < 4.78 is 5.75. The number of aromatic nitrogens is 1. The van der Waals surface area contributed by atoms with E-state index in [9.17, 15) is 19.6 Å². The summed E-state index contributed by atoms with van der Waals surface area (Å²) in [6.07, 6.45) is 9.93. The maximum atomic E-state index is 12.5. The van der Waals surface area contributed by atoms with Crippen molar-refractivity contribution in [1.82, 2.24) is 9.88 Å². The minimum Gasteiger partial charge on any atom is -0.492 e. The van der Waals surface area contributed by atoms with Crippen molar-refractivity contribution in [2.75, 3.05) is 38.3 Å². The Kier molecular flexibility index (Phi) is 11.6. The topological polar surface area (TPSA) is 179 Å². The normalized spacial score (nSPS) is 10.6. The number of terminal acetylenes is 1. The standard InChI is InChI=1S/C26H25N5O2.C4H4O4/c1-5-17-9-7-10-18(13-17)25-19-14-22(29-24(32)11-8-12-31(3)4)23(33-6-2)15-21(19)30-26(28)20(25)16-27;5-3(6)1-2-4(7)8/h1,7-11,13-15H,6,12H2,2-4H3,(H2,28,30)(H,29,32);1-2H,(H,5,6)(H,7,8)/b11-8+;2-1-. The van der Waals surface area contributed by atoms with Crippen LogP contribution in [0.2, 0.25) is 0 Å². The van der Waals surface area contributed by atoms with Gasteiger partial charge in [0, 0.05) is 47.4 Å². The molecular formula is C30H29N5O6. The Hall–Kier alpha value is -5.65. The molecule has 210 valence electrons. The van der Waals surface area contributed by atoms with Crippen molar-refractivity contribution < 1.29 is 29.3 Å². The van der Waals surface area contributed by atoms with E-state index in [0.717, 1.165) is 5.56 Å². The largest absolute Gasteiger partial charge is 0.492 e. The number of carbonyl (C=O) groups is 3. The zero-order chi connectivity index (χ0) is 30.5. The van der Waals surface area contributed by atoms with Gasteiger partial charge in [-0.3, -0.25) is 4.79 Å². The molecule has 3 aromatic rings. The molecule has 11 heteroatoms. The highest BCUT2D eigenvalue weighted by molar-refractivity contribution is 6.06. The van der Waals surface area contributed by atoms with Crippen LogP contribution >= 0.6 is 0 Å². The van der Waals surface area contributed by atoms with Crippen LogP contribution in [0.5, 0.6) is 5.75 Å². The average molecular weight is 556 g/mol. The average Bonchev–Trinajstić information content (AvgIpc) is 2.92. The number of nitrogen functional groups attached to an aromatic ring is 1. The third kappa shape index (κ3) is 9.25. The number of likely N-dealkylation sites (N-methyl/N-ethyl adjacent to an activating group) is 1. The van der Waals surface area contributed by atoms with Gasteiger partial charge in [-0.05, 0) is 44.8 Å². The summed E-state index contributed by atoms with van der Waals surface area (Å²) >= 11 is 0. The number of ether oxygens (including phenoxy) is 1. The van der Waals surface area contributed by atoms with E-state index in [-0.39, 0.29) is 17.3 Å². The molecule has 0 bridgehead atoms. The lowest BCUT2D eigenvalue weighted by Gasteiger charge is -2.16. The summed E-state index contributed by atoms with van der Waals surface area (Å²) in [6.45, 7) is 2.88. The molecule has 2 aromatic carbocycles. The van der Waals surface area contributed by atoms with Gasteiger partial charge in [-0.25, -0.2) is 14.6 Å². The molecular weight excluding hydrogens is 526 g/mol. The quantitative estimate of drug-likeness (QED) is 0.225. The van der Waals surface area contributed by atoms with Gasteiger partial charge in [0.1, 0.15) is 23.2 Å². The van der Waals surface area contributed by atoms with E-state index >= 15 is 0 Å². The van der Waals surface area contributed by atoms with Crippen molar-refractivity contribution in [3.63, 3.8) is 0 Å². The number of rotatable bonds is 9. The summed E-state index contributed by atoms with van der Waals surface area (Å²) in [4.78, 5) is 38.0. The molecule has 5 N–H and O–H groups in total. The first kappa shape index (κ1) is 31.6. The lowest BCUT2D eigenvalue weighted by molar-refractivity contribution is -0.134. The molecule has 0 unspecified atom stereocenters. The SMILES string of the molecule is C#Cc1cccc(-c2c(C#N)c(N)nc3cc(OCC)c(NC(=O)/C=C/CN(C)C)cc23)c1.O=C(O)/C=C\C(=O)O. The van der Waals surface area contributed by atoms with Crippen molar-refractivity contribution in [3.05, 3.63) is 71.8 Å². The highest BCUT2D eigenvalue weighted by atomic mass is 16.5. The molecule has 0 aliphatic rings. The summed E-state index contributed by atoms with van der Waals surface area (Å²) in [7, 11) is 3.84. The maximum absolute atomic E-state index is 12.5. The molecule has 0 spiro atoms. The number of benzene rings is 2. The molecule has 0 atom stereocenters. The number of carboxylic acid groups (broad SMARTS) is 2. The van der Waals surface area contributed by atoms with Crippen LogP contribution in [0.3, 0.4) is 0 Å². The van der Waals surface area contributed by atoms with Crippen LogP contribution in [0.15, 0.2) is 60.7 Å². The second-order valence-corrected chi connectivity index (χ2v) is 8.55.